The molecule has 6 heterocycles. The molecule has 0 bridgehead atoms. The number of β-amino-alcohol motifs (C(OH)–C–C–N with tert-alkyl or cyclic N) is 1. The zero-order valence-electron chi connectivity index (χ0n) is 46.4. The van der Waals surface area contributed by atoms with Crippen molar-refractivity contribution in [3.05, 3.63) is 111 Å². The van der Waals surface area contributed by atoms with E-state index in [0.29, 0.717) is 79.6 Å². The van der Waals surface area contributed by atoms with Crippen molar-refractivity contribution in [1.82, 2.24) is 55.4 Å². The van der Waals surface area contributed by atoms with Gasteiger partial charge < -0.3 is 59.7 Å². The Balaban J connectivity index is 0.705. The van der Waals surface area contributed by atoms with Crippen molar-refractivity contribution >= 4 is 69.0 Å². The SMILES string of the molecule is C=C(N[C@@H](C)c1ccc(-c2scnc2C)cc1)[C@@H]1C[C@@H](O)CN1C(=O)[C@@H](NC(=O)COCCOCCOCCn1cc(C2CCN(c3ncc(Cl)c(Nc4ccc5c(c4)cc(OCC(=O)NC)c(=O)n5C)n3)CC2)nn1)C(C)(C)C. The number of carbonyl (C=O) groups excluding carboxylic acids is 3. The van der Waals surface area contributed by atoms with Gasteiger partial charge in [0.15, 0.2) is 18.2 Å². The first kappa shape index (κ1) is 59.1. The molecule has 4 atom stereocenters. The second-order valence-electron chi connectivity index (χ2n) is 21.1. The maximum absolute atomic E-state index is 14.2. The highest BCUT2D eigenvalue weighted by Crippen LogP contribution is 2.34. The van der Waals surface area contributed by atoms with Crippen LogP contribution in [-0.4, -0.2) is 153 Å². The summed E-state index contributed by atoms with van der Waals surface area (Å²) in [6, 6.07) is 13.9. The molecule has 0 saturated carbocycles. The predicted octanol–water partition coefficient (Wildman–Crippen LogP) is 5.66. The van der Waals surface area contributed by atoms with E-state index in [2.05, 4.69) is 77.3 Å². The third-order valence-corrected chi connectivity index (χ3v) is 15.5. The van der Waals surface area contributed by atoms with Gasteiger partial charge in [-0.2, -0.15) is 4.98 Å². The number of thiazole rings is 1. The van der Waals surface area contributed by atoms with Crippen LogP contribution in [0.1, 0.15) is 75.9 Å². The second-order valence-corrected chi connectivity index (χ2v) is 22.3. The molecule has 2 aliphatic rings. The summed E-state index contributed by atoms with van der Waals surface area (Å²) in [5.74, 6) is 0.176. The van der Waals surface area contributed by atoms with Crippen molar-refractivity contribution in [3.8, 4) is 16.2 Å². The molecule has 3 amide bonds. The van der Waals surface area contributed by atoms with Crippen LogP contribution in [0.5, 0.6) is 5.75 Å². The van der Waals surface area contributed by atoms with Crippen LogP contribution in [-0.2, 0) is 42.2 Å². The molecule has 24 heteroatoms. The fourth-order valence-corrected chi connectivity index (χ4v) is 10.6. The number of benzene rings is 2. The van der Waals surface area contributed by atoms with Gasteiger partial charge in [-0.25, -0.2) is 14.6 Å². The van der Waals surface area contributed by atoms with Gasteiger partial charge in [-0.1, -0.05) is 68.4 Å². The maximum atomic E-state index is 14.2. The van der Waals surface area contributed by atoms with E-state index in [9.17, 15) is 24.3 Å². The first-order valence-corrected chi connectivity index (χ1v) is 28.0. The number of hydrogen-bond acceptors (Lipinski definition) is 18. The largest absolute Gasteiger partial charge is 0.478 e. The Morgan fingerprint density at radius 2 is 1.68 bits per heavy atom. The molecular formula is C56H72ClN13O9S. The molecule has 428 valence electrons. The molecule has 2 fully saturated rings. The van der Waals surface area contributed by atoms with Gasteiger partial charge in [0.2, 0.25) is 17.8 Å². The zero-order chi connectivity index (χ0) is 57.1. The summed E-state index contributed by atoms with van der Waals surface area (Å²) in [6.45, 7) is 17.0. The summed E-state index contributed by atoms with van der Waals surface area (Å²) in [4.78, 5) is 70.4. The van der Waals surface area contributed by atoms with E-state index in [4.69, 9.17) is 35.5 Å². The molecule has 22 nitrogen and oxygen atoms in total. The minimum Gasteiger partial charge on any atom is -0.478 e. The lowest BCUT2D eigenvalue weighted by Crippen LogP contribution is -2.57. The molecule has 80 heavy (non-hydrogen) atoms. The molecule has 2 aliphatic heterocycles. The van der Waals surface area contributed by atoms with Crippen molar-refractivity contribution < 1.29 is 38.4 Å². The number of likely N-dealkylation sites (N-methyl/N-ethyl adjacent to an activating group) is 1. The number of rotatable bonds is 25. The van der Waals surface area contributed by atoms with Crippen LogP contribution in [0.4, 0.5) is 17.5 Å². The fourth-order valence-electron chi connectivity index (χ4n) is 9.70. The number of fused-ring (bicyclic) bond motifs is 1. The summed E-state index contributed by atoms with van der Waals surface area (Å²) < 4.78 is 25.8. The number of piperidine rings is 1. The second kappa shape index (κ2) is 27.0. The number of amides is 3. The zero-order valence-corrected chi connectivity index (χ0v) is 47.9. The topological polar surface area (TPSA) is 254 Å². The lowest BCUT2D eigenvalue weighted by molar-refractivity contribution is -0.141. The predicted molar refractivity (Wildman–Crippen MR) is 306 cm³/mol. The monoisotopic (exact) mass is 1140 g/mol. The average molecular weight is 1140 g/mol. The first-order chi connectivity index (χ1) is 38.4. The summed E-state index contributed by atoms with van der Waals surface area (Å²) >= 11 is 8.17. The van der Waals surface area contributed by atoms with E-state index in [1.54, 1.807) is 40.2 Å². The van der Waals surface area contributed by atoms with Crippen LogP contribution in [0.2, 0.25) is 5.02 Å². The number of carbonyl (C=O) groups is 3. The van der Waals surface area contributed by atoms with E-state index in [1.165, 1.54) is 11.6 Å². The Hall–Kier alpha value is -7.02. The number of nitrogens with zero attached hydrogens (tertiary/aromatic N) is 9. The number of hydrogen-bond donors (Lipinski definition) is 5. The number of nitrogens with one attached hydrogen (secondary N) is 4. The molecule has 0 radical (unpaired) electrons. The third kappa shape index (κ3) is 15.0. The Bertz CT molecular complexity index is 3170. The normalized spacial score (nSPS) is 16.6. The van der Waals surface area contributed by atoms with Crippen LogP contribution < -0.4 is 36.5 Å². The van der Waals surface area contributed by atoms with Crippen LogP contribution >= 0.6 is 22.9 Å². The Morgan fingerprint density at radius 3 is 2.38 bits per heavy atom. The standard InChI is InChI=1S/C56H72ClN13O9S/c1-34(37-9-11-39(12-10-37)50-36(3)60-33-80-50)61-35(2)46-27-42(71)29-70(46)54(75)51(56(4,5)6)63-49(73)31-78-24-23-77-22-21-76-20-19-69-30-44(65-66-69)38-15-17-68(18-16-38)55-59-28-43(57)52(64-55)62-41-13-14-45-40(25-41)26-47(53(74)67(45)8)79-32-48(72)58-7/h9-14,25-26,28,30,33-34,38,42,46,51,61,71H,2,15-24,27,29,31-32H2,1,3-8H3,(H,58,72)(H,63,73)(H,59,62,64)/t34-,42+,46-,51+/m0/s1. The molecule has 0 unspecified atom stereocenters. The number of ether oxygens (including phenoxy) is 4. The molecule has 2 saturated heterocycles. The summed E-state index contributed by atoms with van der Waals surface area (Å²) in [6.07, 6.45) is 4.79. The molecular weight excluding hydrogens is 1070 g/mol. The van der Waals surface area contributed by atoms with Crippen LogP contribution in [0.15, 0.2) is 83.5 Å². The van der Waals surface area contributed by atoms with Crippen molar-refractivity contribution in [2.24, 2.45) is 12.5 Å². The van der Waals surface area contributed by atoms with E-state index >= 15 is 0 Å². The van der Waals surface area contributed by atoms with Crippen molar-refractivity contribution in [3.63, 3.8) is 0 Å². The number of likely N-dealkylation sites (tertiary alicyclic amines) is 1. The van der Waals surface area contributed by atoms with Crippen LogP contribution in [0, 0.1) is 12.3 Å². The molecule has 6 aromatic rings. The maximum Gasteiger partial charge on any atom is 0.293 e. The number of aromatic nitrogens is 7. The molecule has 2 aromatic carbocycles. The molecule has 0 aliphatic carbocycles. The quantitative estimate of drug-likeness (QED) is 0.0433. The summed E-state index contributed by atoms with van der Waals surface area (Å²) in [7, 11) is 3.15. The Morgan fingerprint density at radius 1 is 0.950 bits per heavy atom. The minimum atomic E-state index is -0.875. The number of aryl methyl sites for hydroxylation is 2. The van der Waals surface area contributed by atoms with Gasteiger partial charge in [-0.15, -0.1) is 16.4 Å². The number of halogens is 1. The average Bonchev–Trinajstić information content (AvgIpc) is 4.21. The van der Waals surface area contributed by atoms with E-state index in [-0.39, 0.29) is 68.1 Å². The summed E-state index contributed by atoms with van der Waals surface area (Å²) in [5, 5.41) is 32.7. The van der Waals surface area contributed by atoms with Gasteiger partial charge in [0.1, 0.15) is 17.7 Å². The summed E-state index contributed by atoms with van der Waals surface area (Å²) in [5.41, 5.74) is 6.91. The molecule has 8 rings (SSSR count). The number of aliphatic hydroxyl groups excluding tert-OH is 1. The van der Waals surface area contributed by atoms with Crippen molar-refractivity contribution in [2.45, 2.75) is 90.6 Å². The molecule has 4 aromatic heterocycles. The van der Waals surface area contributed by atoms with Gasteiger partial charge in [0, 0.05) is 75.1 Å². The van der Waals surface area contributed by atoms with Crippen LogP contribution in [0.3, 0.4) is 0 Å². The Kier molecular flexibility index (Phi) is 19.9. The molecule has 0 spiro atoms. The first-order valence-electron chi connectivity index (χ1n) is 26.7. The highest BCUT2D eigenvalue weighted by atomic mass is 35.5. The van der Waals surface area contributed by atoms with Gasteiger partial charge in [-0.05, 0) is 67.5 Å². The minimum absolute atomic E-state index is 0.0620. The van der Waals surface area contributed by atoms with Crippen molar-refractivity contribution in [2.75, 3.05) is 83.1 Å². The van der Waals surface area contributed by atoms with Gasteiger partial charge in [-0.3, -0.25) is 19.2 Å². The van der Waals surface area contributed by atoms with Crippen molar-refractivity contribution in [1.29, 1.82) is 0 Å². The lowest BCUT2D eigenvalue weighted by atomic mass is 9.85. The number of aliphatic hydroxyl groups is 1. The van der Waals surface area contributed by atoms with E-state index in [1.807, 2.05) is 64.5 Å². The van der Waals surface area contributed by atoms with Gasteiger partial charge >= 0.3 is 0 Å². The number of anilines is 3. The molecule has 5 N–H and O–H groups in total. The lowest BCUT2D eigenvalue weighted by Gasteiger charge is -2.36. The van der Waals surface area contributed by atoms with Gasteiger partial charge in [0.25, 0.3) is 11.5 Å². The highest BCUT2D eigenvalue weighted by molar-refractivity contribution is 7.13. The van der Waals surface area contributed by atoms with Gasteiger partial charge in [0.05, 0.1) is 85.2 Å². The van der Waals surface area contributed by atoms with E-state index < -0.39 is 29.5 Å². The highest BCUT2D eigenvalue weighted by Gasteiger charge is 2.43. The number of pyridine rings is 1. The third-order valence-electron chi connectivity index (χ3n) is 14.2. The smallest absolute Gasteiger partial charge is 0.293 e. The fraction of sp³-hybridized carbons (Fsp3) is 0.482. The Labute approximate surface area is 474 Å². The van der Waals surface area contributed by atoms with Crippen LogP contribution in [0.25, 0.3) is 21.3 Å². The van der Waals surface area contributed by atoms with E-state index in [0.717, 1.165) is 45.6 Å².